The second-order valence-corrected chi connectivity index (χ2v) is 10.5. The van der Waals surface area contributed by atoms with E-state index in [4.69, 9.17) is 0 Å². The number of rotatable bonds is 27. The Labute approximate surface area is 241 Å². The first-order valence-corrected chi connectivity index (χ1v) is 16.0. The Morgan fingerprint density at radius 3 is 1.69 bits per heavy atom. The molecular formula is C35H61NO3. The summed E-state index contributed by atoms with van der Waals surface area (Å²) in [4.78, 5) is 12.2. The molecule has 0 saturated carbocycles. The quantitative estimate of drug-likeness (QED) is 0.0715. The number of carbonyl (C=O) groups is 1. The average Bonchev–Trinajstić information content (AvgIpc) is 2.94. The molecular weight excluding hydrogens is 482 g/mol. The second kappa shape index (κ2) is 30.6. The molecule has 0 saturated heterocycles. The molecule has 0 fully saturated rings. The molecule has 4 nitrogen and oxygen atoms in total. The SMILES string of the molecule is CC/C=C\C/C=C\C/C=C\C/C=C\CCCCCCCCCCC(=O)NC(CO)C(O)/C=C/CCCCCC. The van der Waals surface area contributed by atoms with Gasteiger partial charge in [-0.3, -0.25) is 4.79 Å². The molecule has 0 aliphatic rings. The lowest BCUT2D eigenvalue weighted by molar-refractivity contribution is -0.123. The Balaban J connectivity index is 3.62. The number of aliphatic hydroxyl groups is 2. The summed E-state index contributed by atoms with van der Waals surface area (Å²) in [6.45, 7) is 4.09. The summed E-state index contributed by atoms with van der Waals surface area (Å²) in [6.07, 6.45) is 41.7. The van der Waals surface area contributed by atoms with Gasteiger partial charge in [0.15, 0.2) is 0 Å². The second-order valence-electron chi connectivity index (χ2n) is 10.5. The predicted octanol–water partition coefficient (Wildman–Crippen LogP) is 9.06. The van der Waals surface area contributed by atoms with Crippen molar-refractivity contribution < 1.29 is 15.0 Å². The van der Waals surface area contributed by atoms with E-state index in [9.17, 15) is 15.0 Å². The van der Waals surface area contributed by atoms with Crippen LogP contribution >= 0.6 is 0 Å². The Bertz CT molecular complexity index is 677. The molecule has 0 aromatic rings. The summed E-state index contributed by atoms with van der Waals surface area (Å²) in [5.74, 6) is -0.0831. The minimum atomic E-state index is -0.840. The third-order valence-electron chi connectivity index (χ3n) is 6.76. The van der Waals surface area contributed by atoms with Crippen LogP contribution in [0.1, 0.15) is 136 Å². The molecule has 1 amide bonds. The van der Waals surface area contributed by atoms with Crippen LogP contribution in [0.3, 0.4) is 0 Å². The van der Waals surface area contributed by atoms with Gasteiger partial charge in [-0.15, -0.1) is 0 Å². The van der Waals surface area contributed by atoms with Crippen LogP contribution in [-0.4, -0.2) is 34.9 Å². The molecule has 3 N–H and O–H groups in total. The molecule has 4 heteroatoms. The van der Waals surface area contributed by atoms with E-state index in [1.165, 1.54) is 57.8 Å². The van der Waals surface area contributed by atoms with Gasteiger partial charge >= 0.3 is 0 Å². The minimum absolute atomic E-state index is 0.0831. The number of carbonyl (C=O) groups excluding carboxylic acids is 1. The number of allylic oxidation sites excluding steroid dienone is 9. The molecule has 0 aromatic carbocycles. The molecule has 0 aliphatic heterocycles. The zero-order chi connectivity index (χ0) is 28.7. The van der Waals surface area contributed by atoms with Crippen molar-refractivity contribution >= 4 is 5.91 Å². The van der Waals surface area contributed by atoms with Crippen molar-refractivity contribution in [2.45, 2.75) is 148 Å². The lowest BCUT2D eigenvalue weighted by Gasteiger charge is -2.20. The van der Waals surface area contributed by atoms with Crippen LogP contribution in [0.25, 0.3) is 0 Å². The first kappa shape index (κ1) is 37.1. The van der Waals surface area contributed by atoms with Crippen LogP contribution in [0.4, 0.5) is 0 Å². The normalized spacial score (nSPS) is 14.1. The summed E-state index contributed by atoms with van der Waals surface area (Å²) in [5.41, 5.74) is 0. The molecule has 224 valence electrons. The summed E-state index contributed by atoms with van der Waals surface area (Å²) in [6, 6.07) is -0.624. The predicted molar refractivity (Wildman–Crippen MR) is 170 cm³/mol. The van der Waals surface area contributed by atoms with E-state index in [1.54, 1.807) is 6.08 Å². The van der Waals surface area contributed by atoms with E-state index in [0.29, 0.717) is 6.42 Å². The number of aliphatic hydroxyl groups excluding tert-OH is 2. The molecule has 0 spiro atoms. The summed E-state index contributed by atoms with van der Waals surface area (Å²) in [7, 11) is 0. The monoisotopic (exact) mass is 543 g/mol. The van der Waals surface area contributed by atoms with Crippen LogP contribution in [0.5, 0.6) is 0 Å². The van der Waals surface area contributed by atoms with Gasteiger partial charge in [-0.25, -0.2) is 0 Å². The number of hydrogen-bond donors (Lipinski definition) is 3. The molecule has 0 radical (unpaired) electrons. The van der Waals surface area contributed by atoms with Crippen molar-refractivity contribution in [3.63, 3.8) is 0 Å². The van der Waals surface area contributed by atoms with Crippen molar-refractivity contribution in [3.8, 4) is 0 Å². The first-order chi connectivity index (χ1) is 19.2. The third-order valence-corrected chi connectivity index (χ3v) is 6.76. The Hall–Kier alpha value is -1.91. The smallest absolute Gasteiger partial charge is 0.220 e. The topological polar surface area (TPSA) is 69.6 Å². The van der Waals surface area contributed by atoms with E-state index in [-0.39, 0.29) is 12.5 Å². The summed E-state index contributed by atoms with van der Waals surface area (Å²) >= 11 is 0. The van der Waals surface area contributed by atoms with Gasteiger partial charge in [0.1, 0.15) is 0 Å². The lowest BCUT2D eigenvalue weighted by Crippen LogP contribution is -2.45. The van der Waals surface area contributed by atoms with Gasteiger partial charge in [0.2, 0.25) is 5.91 Å². The standard InChI is InChI=1S/C35H61NO3/c1-3-5-7-9-11-12-13-14-15-16-17-18-19-20-21-22-23-24-25-27-29-31-35(39)36-33(32-37)34(38)30-28-26-10-8-6-4-2/h5,7,11-12,14-15,17-18,28,30,33-34,37-38H,3-4,6,8-10,13,16,19-27,29,31-32H2,1-2H3,(H,36,39)/b7-5-,12-11-,15-14-,18-17-,30-28+. The highest BCUT2D eigenvalue weighted by molar-refractivity contribution is 5.76. The Morgan fingerprint density at radius 2 is 1.13 bits per heavy atom. The Morgan fingerprint density at radius 1 is 0.641 bits per heavy atom. The zero-order valence-corrected chi connectivity index (χ0v) is 25.4. The van der Waals surface area contributed by atoms with E-state index < -0.39 is 12.1 Å². The number of unbranched alkanes of at least 4 members (excludes halogenated alkanes) is 12. The van der Waals surface area contributed by atoms with Crippen LogP contribution in [0, 0.1) is 0 Å². The van der Waals surface area contributed by atoms with Gasteiger partial charge in [-0.2, -0.15) is 0 Å². The third kappa shape index (κ3) is 27.4. The fourth-order valence-corrected chi connectivity index (χ4v) is 4.28. The molecule has 39 heavy (non-hydrogen) atoms. The maximum atomic E-state index is 12.2. The molecule has 0 bridgehead atoms. The Kier molecular flexibility index (Phi) is 29.1. The van der Waals surface area contributed by atoms with Crippen molar-refractivity contribution in [2.75, 3.05) is 6.61 Å². The molecule has 0 aromatic heterocycles. The van der Waals surface area contributed by atoms with Crippen LogP contribution < -0.4 is 5.32 Å². The van der Waals surface area contributed by atoms with Crippen molar-refractivity contribution in [1.29, 1.82) is 0 Å². The maximum Gasteiger partial charge on any atom is 0.220 e. The zero-order valence-electron chi connectivity index (χ0n) is 25.4. The van der Waals surface area contributed by atoms with E-state index in [2.05, 4.69) is 67.8 Å². The van der Waals surface area contributed by atoms with Crippen LogP contribution in [-0.2, 0) is 4.79 Å². The van der Waals surface area contributed by atoms with Gasteiger partial charge in [-0.05, 0) is 57.8 Å². The van der Waals surface area contributed by atoms with Gasteiger partial charge in [0.05, 0.1) is 18.8 Å². The molecule has 2 atom stereocenters. The average molecular weight is 544 g/mol. The van der Waals surface area contributed by atoms with Crippen molar-refractivity contribution in [1.82, 2.24) is 5.32 Å². The van der Waals surface area contributed by atoms with Gasteiger partial charge < -0.3 is 15.5 Å². The highest BCUT2D eigenvalue weighted by Gasteiger charge is 2.17. The van der Waals surface area contributed by atoms with Gasteiger partial charge in [0, 0.05) is 6.42 Å². The minimum Gasteiger partial charge on any atom is -0.394 e. The fraction of sp³-hybridized carbons (Fsp3) is 0.686. The van der Waals surface area contributed by atoms with E-state index in [1.807, 2.05) is 6.08 Å². The first-order valence-electron chi connectivity index (χ1n) is 16.0. The van der Waals surface area contributed by atoms with E-state index >= 15 is 0 Å². The fourth-order valence-electron chi connectivity index (χ4n) is 4.28. The van der Waals surface area contributed by atoms with Crippen molar-refractivity contribution in [2.24, 2.45) is 0 Å². The maximum absolute atomic E-state index is 12.2. The van der Waals surface area contributed by atoms with Gasteiger partial charge in [-0.1, -0.05) is 132 Å². The number of nitrogens with one attached hydrogen (secondary N) is 1. The molecule has 0 heterocycles. The van der Waals surface area contributed by atoms with Gasteiger partial charge in [0.25, 0.3) is 0 Å². The van der Waals surface area contributed by atoms with Crippen LogP contribution in [0.15, 0.2) is 60.8 Å². The molecule has 2 unspecified atom stereocenters. The lowest BCUT2D eigenvalue weighted by atomic mass is 10.1. The largest absolute Gasteiger partial charge is 0.394 e. The molecule has 0 rings (SSSR count). The number of amides is 1. The molecule has 0 aliphatic carbocycles. The highest BCUT2D eigenvalue weighted by atomic mass is 16.3. The summed E-state index contributed by atoms with van der Waals surface area (Å²) < 4.78 is 0. The number of hydrogen-bond acceptors (Lipinski definition) is 3. The van der Waals surface area contributed by atoms with Crippen LogP contribution in [0.2, 0.25) is 0 Å². The van der Waals surface area contributed by atoms with E-state index in [0.717, 1.165) is 57.8 Å². The van der Waals surface area contributed by atoms with Crippen molar-refractivity contribution in [3.05, 3.63) is 60.8 Å². The highest BCUT2D eigenvalue weighted by Crippen LogP contribution is 2.11. The summed E-state index contributed by atoms with van der Waals surface area (Å²) in [5, 5.41) is 22.6.